The van der Waals surface area contributed by atoms with Gasteiger partial charge < -0.3 is 14.9 Å². The fourth-order valence-corrected chi connectivity index (χ4v) is 3.33. The Morgan fingerprint density at radius 1 is 1.38 bits per heavy atom. The molecule has 3 aromatic rings. The average Bonchev–Trinajstić information content (AvgIpc) is 3.17. The summed E-state index contributed by atoms with van der Waals surface area (Å²) in [6.07, 6.45) is 1.69. The van der Waals surface area contributed by atoms with E-state index in [4.69, 9.17) is 14.9 Å². The highest BCUT2D eigenvalue weighted by Crippen LogP contribution is 2.32. The number of nitrogens with two attached hydrogens (primary N) is 1. The Kier molecular flexibility index (Phi) is 4.17. The summed E-state index contributed by atoms with van der Waals surface area (Å²) < 4.78 is 10.7. The lowest BCUT2D eigenvalue weighted by Gasteiger charge is -2.06. The summed E-state index contributed by atoms with van der Waals surface area (Å²) in [5.74, 6) is 2.16. The maximum absolute atomic E-state index is 5.97. The van der Waals surface area contributed by atoms with Crippen LogP contribution in [0.2, 0.25) is 0 Å². The Bertz CT molecular complexity index is 723. The van der Waals surface area contributed by atoms with Gasteiger partial charge in [0.1, 0.15) is 12.0 Å². The van der Waals surface area contributed by atoms with Crippen LogP contribution < -0.4 is 10.5 Å². The van der Waals surface area contributed by atoms with Crippen LogP contribution in [0.5, 0.6) is 5.75 Å². The Hall–Kier alpha value is -1.92. The minimum Gasteiger partial charge on any atom is -0.497 e. The van der Waals surface area contributed by atoms with Gasteiger partial charge in [-0.15, -0.1) is 23.1 Å². The van der Waals surface area contributed by atoms with Crippen molar-refractivity contribution in [3.05, 3.63) is 47.7 Å². The predicted octanol–water partition coefficient (Wildman–Crippen LogP) is 4.29. The van der Waals surface area contributed by atoms with E-state index in [1.807, 2.05) is 35.7 Å². The first-order valence-electron chi connectivity index (χ1n) is 6.31. The molecule has 0 saturated carbocycles. The van der Waals surface area contributed by atoms with E-state index in [-0.39, 0.29) is 0 Å². The third-order valence-electron chi connectivity index (χ3n) is 2.88. The molecule has 0 atom stereocenters. The normalized spacial score (nSPS) is 10.7. The number of thioether (sulfide) groups is 1. The molecule has 0 amide bonds. The van der Waals surface area contributed by atoms with Gasteiger partial charge in [0.25, 0.3) is 0 Å². The van der Waals surface area contributed by atoms with Crippen LogP contribution in [0, 0.1) is 0 Å². The number of hydrogen-bond acceptors (Lipinski definition) is 6. The molecule has 0 aliphatic rings. The van der Waals surface area contributed by atoms with Crippen LogP contribution in [0.4, 0.5) is 5.69 Å². The number of thiophene rings is 1. The lowest BCUT2D eigenvalue weighted by Crippen LogP contribution is -1.91. The monoisotopic (exact) mass is 318 g/mol. The molecule has 0 radical (unpaired) electrons. The smallest absolute Gasteiger partial charge is 0.236 e. The topological polar surface area (TPSA) is 61.3 Å². The summed E-state index contributed by atoms with van der Waals surface area (Å²) in [7, 11) is 1.64. The molecule has 21 heavy (non-hydrogen) atoms. The summed E-state index contributed by atoms with van der Waals surface area (Å²) in [6.45, 7) is 0. The molecule has 2 heterocycles. The van der Waals surface area contributed by atoms with Gasteiger partial charge in [-0.25, -0.2) is 4.98 Å². The Labute approximate surface area is 131 Å². The first kappa shape index (κ1) is 14.0. The number of oxazole rings is 1. The van der Waals surface area contributed by atoms with E-state index in [0.717, 1.165) is 26.9 Å². The number of hydrogen-bond donors (Lipinski definition) is 1. The number of nitrogen functional groups attached to an aromatic ring is 1. The molecular formula is C15H14N2O2S2. The Morgan fingerprint density at radius 3 is 3.05 bits per heavy atom. The fraction of sp³-hybridized carbons (Fsp3) is 0.133. The molecule has 0 bridgehead atoms. The number of aromatic nitrogens is 1. The van der Waals surface area contributed by atoms with Gasteiger partial charge in [-0.1, -0.05) is 6.07 Å². The van der Waals surface area contributed by atoms with Crippen molar-refractivity contribution in [1.29, 1.82) is 0 Å². The second-order valence-corrected chi connectivity index (χ2v) is 6.28. The van der Waals surface area contributed by atoms with E-state index in [1.165, 1.54) is 0 Å². The maximum atomic E-state index is 5.97. The van der Waals surface area contributed by atoms with Crippen molar-refractivity contribution >= 4 is 28.8 Å². The number of nitrogens with zero attached hydrogens (tertiary/aromatic N) is 1. The van der Waals surface area contributed by atoms with Gasteiger partial charge in [0, 0.05) is 16.3 Å². The summed E-state index contributed by atoms with van der Waals surface area (Å²) in [5, 5.41) is 2.00. The number of methoxy groups -OCH3 is 1. The molecule has 108 valence electrons. The first-order valence-corrected chi connectivity index (χ1v) is 8.17. The minimum absolute atomic E-state index is 0.666. The molecule has 0 saturated heterocycles. The standard InChI is InChI=1S/C15H14N2O2S2/c1-18-11-4-5-12(16)14(7-11)21-9-10-8-19-15(17-10)13-3-2-6-20-13/h2-8H,9,16H2,1H3. The van der Waals surface area contributed by atoms with Crippen LogP contribution in [0.25, 0.3) is 10.8 Å². The fourth-order valence-electron chi connectivity index (χ4n) is 1.81. The van der Waals surface area contributed by atoms with E-state index in [0.29, 0.717) is 11.6 Å². The lowest BCUT2D eigenvalue weighted by atomic mass is 10.3. The van der Waals surface area contributed by atoms with Gasteiger partial charge in [0.15, 0.2) is 0 Å². The van der Waals surface area contributed by atoms with Crippen molar-refractivity contribution in [2.45, 2.75) is 10.6 Å². The molecule has 0 unspecified atom stereocenters. The largest absolute Gasteiger partial charge is 0.497 e. The zero-order valence-corrected chi connectivity index (χ0v) is 13.0. The zero-order valence-electron chi connectivity index (χ0n) is 11.4. The molecule has 2 aromatic heterocycles. The molecule has 1 aromatic carbocycles. The SMILES string of the molecule is COc1ccc(N)c(SCc2coc(-c3cccs3)n2)c1. The molecular weight excluding hydrogens is 304 g/mol. The molecule has 0 spiro atoms. The number of rotatable bonds is 5. The van der Waals surface area contributed by atoms with Crippen LogP contribution in [0.15, 0.2) is 51.3 Å². The third kappa shape index (κ3) is 3.22. The lowest BCUT2D eigenvalue weighted by molar-refractivity contribution is 0.414. The molecule has 0 aliphatic carbocycles. The van der Waals surface area contributed by atoms with Crippen molar-refractivity contribution in [3.8, 4) is 16.5 Å². The van der Waals surface area contributed by atoms with Gasteiger partial charge >= 0.3 is 0 Å². The predicted molar refractivity (Wildman–Crippen MR) is 86.8 cm³/mol. The van der Waals surface area contributed by atoms with Crippen molar-refractivity contribution in [1.82, 2.24) is 4.98 Å². The van der Waals surface area contributed by atoms with Gasteiger partial charge in [-0.05, 0) is 29.6 Å². The summed E-state index contributed by atoms with van der Waals surface area (Å²) in [5.41, 5.74) is 7.60. The second kappa shape index (κ2) is 6.24. The number of benzene rings is 1. The molecule has 0 aliphatic heterocycles. The van der Waals surface area contributed by atoms with Gasteiger partial charge in [-0.3, -0.25) is 0 Å². The van der Waals surface area contributed by atoms with Crippen molar-refractivity contribution < 1.29 is 9.15 Å². The molecule has 6 heteroatoms. The van der Waals surface area contributed by atoms with Crippen LogP contribution in [-0.4, -0.2) is 12.1 Å². The molecule has 2 N–H and O–H groups in total. The number of anilines is 1. The van der Waals surface area contributed by atoms with Crippen molar-refractivity contribution in [2.24, 2.45) is 0 Å². The average molecular weight is 318 g/mol. The van der Waals surface area contributed by atoms with Crippen LogP contribution >= 0.6 is 23.1 Å². The zero-order chi connectivity index (χ0) is 14.7. The molecule has 3 rings (SSSR count). The van der Waals surface area contributed by atoms with E-state index >= 15 is 0 Å². The highest BCUT2D eigenvalue weighted by atomic mass is 32.2. The summed E-state index contributed by atoms with van der Waals surface area (Å²) in [4.78, 5) is 6.51. The van der Waals surface area contributed by atoms with Crippen LogP contribution in [-0.2, 0) is 5.75 Å². The summed E-state index contributed by atoms with van der Waals surface area (Å²) in [6, 6.07) is 9.61. The van der Waals surface area contributed by atoms with Crippen molar-refractivity contribution in [3.63, 3.8) is 0 Å². The third-order valence-corrected chi connectivity index (χ3v) is 4.84. The van der Waals surface area contributed by atoms with E-state index in [2.05, 4.69) is 4.98 Å². The first-order chi connectivity index (χ1) is 10.3. The van der Waals surface area contributed by atoms with Gasteiger partial charge in [0.05, 0.1) is 17.7 Å². The second-order valence-electron chi connectivity index (χ2n) is 4.31. The quantitative estimate of drug-likeness (QED) is 0.562. The highest BCUT2D eigenvalue weighted by Gasteiger charge is 2.09. The Balaban J connectivity index is 1.71. The van der Waals surface area contributed by atoms with Gasteiger partial charge in [0.2, 0.25) is 5.89 Å². The Morgan fingerprint density at radius 2 is 2.29 bits per heavy atom. The maximum Gasteiger partial charge on any atom is 0.236 e. The van der Waals surface area contributed by atoms with Crippen LogP contribution in [0.3, 0.4) is 0 Å². The minimum atomic E-state index is 0.666. The van der Waals surface area contributed by atoms with E-state index < -0.39 is 0 Å². The van der Waals surface area contributed by atoms with Crippen LogP contribution in [0.1, 0.15) is 5.69 Å². The molecule has 4 nitrogen and oxygen atoms in total. The van der Waals surface area contributed by atoms with Gasteiger partial charge in [-0.2, -0.15) is 0 Å². The van der Waals surface area contributed by atoms with E-state index in [9.17, 15) is 0 Å². The van der Waals surface area contributed by atoms with E-state index in [1.54, 1.807) is 36.5 Å². The molecule has 0 fully saturated rings. The summed E-state index contributed by atoms with van der Waals surface area (Å²) >= 11 is 3.23. The highest BCUT2D eigenvalue weighted by molar-refractivity contribution is 7.98. The number of ether oxygens (including phenoxy) is 1. The van der Waals surface area contributed by atoms with Crippen molar-refractivity contribution in [2.75, 3.05) is 12.8 Å².